The van der Waals surface area contributed by atoms with E-state index in [4.69, 9.17) is 9.47 Å². The molecule has 0 bridgehead atoms. The first kappa shape index (κ1) is 16.3. The van der Waals surface area contributed by atoms with Gasteiger partial charge in [0.15, 0.2) is 0 Å². The highest BCUT2D eigenvalue weighted by atomic mass is 16.5. The molecule has 0 aliphatic heterocycles. The lowest BCUT2D eigenvalue weighted by Gasteiger charge is -2.18. The third kappa shape index (κ3) is 11.6. The summed E-state index contributed by atoms with van der Waals surface area (Å²) in [6.07, 6.45) is 4.76. The Labute approximate surface area is 105 Å². The second kappa shape index (κ2) is 13.4. The largest absolute Gasteiger partial charge is 0.853 e. The number of hydrogen-bond donors (Lipinski definition) is 0. The second-order valence-electron chi connectivity index (χ2n) is 3.62. The Balaban J connectivity index is 3.29. The lowest BCUT2D eigenvalue weighted by atomic mass is 10.3. The summed E-state index contributed by atoms with van der Waals surface area (Å²) in [5.74, 6) is 0. The molecule has 0 aliphatic rings. The van der Waals surface area contributed by atoms with Gasteiger partial charge in [0.2, 0.25) is 0 Å². The summed E-state index contributed by atoms with van der Waals surface area (Å²) in [6.45, 7) is 12.0. The van der Waals surface area contributed by atoms with Crippen molar-refractivity contribution < 1.29 is 14.6 Å². The molecule has 0 aromatic carbocycles. The van der Waals surface area contributed by atoms with Gasteiger partial charge in [-0.2, -0.15) is 0 Å². The van der Waals surface area contributed by atoms with Crippen LogP contribution in [0.3, 0.4) is 0 Å². The molecular weight excluding hydrogens is 218 g/mol. The van der Waals surface area contributed by atoms with E-state index in [0.717, 1.165) is 26.1 Å². The Morgan fingerprint density at radius 1 is 0.941 bits per heavy atom. The van der Waals surface area contributed by atoms with Gasteiger partial charge in [0.05, 0.1) is 13.2 Å². The summed E-state index contributed by atoms with van der Waals surface area (Å²) < 4.78 is 10.4. The molecule has 0 saturated carbocycles. The van der Waals surface area contributed by atoms with Gasteiger partial charge in [0, 0.05) is 32.8 Å². The zero-order chi connectivity index (χ0) is 12.8. The van der Waals surface area contributed by atoms with E-state index in [1.807, 2.05) is 12.2 Å². The Bertz CT molecular complexity index is 176. The number of hydrogen-bond acceptors (Lipinski definition) is 4. The van der Waals surface area contributed by atoms with E-state index >= 15 is 0 Å². The molecule has 0 atom stereocenters. The lowest BCUT2D eigenvalue weighted by molar-refractivity contribution is -0.374. The summed E-state index contributed by atoms with van der Waals surface area (Å²) in [5, 5.41) is 10.1. The van der Waals surface area contributed by atoms with Crippen LogP contribution in [0.2, 0.25) is 0 Å². The standard InChI is InChI=1S/C13H24NO3/c1-3-6-14(7-4-2)8-5-10-16-12-13-17-11-9-15/h3-4H,1-2,5-13H2/q-1. The van der Waals surface area contributed by atoms with Crippen molar-refractivity contribution in [3.05, 3.63) is 25.3 Å². The number of ether oxygens (including phenoxy) is 2. The van der Waals surface area contributed by atoms with Crippen LogP contribution < -0.4 is 5.11 Å². The molecule has 0 radical (unpaired) electrons. The van der Waals surface area contributed by atoms with Crippen molar-refractivity contribution in [1.82, 2.24) is 4.90 Å². The quantitative estimate of drug-likeness (QED) is 0.347. The SMILES string of the molecule is C=CCN(CC=C)CCCOCCOCC[O-]. The maximum absolute atomic E-state index is 10.1. The highest BCUT2D eigenvalue weighted by Crippen LogP contribution is 1.93. The van der Waals surface area contributed by atoms with Gasteiger partial charge in [-0.15, -0.1) is 19.8 Å². The van der Waals surface area contributed by atoms with Crippen molar-refractivity contribution in [3.8, 4) is 0 Å². The van der Waals surface area contributed by atoms with Crippen LogP contribution >= 0.6 is 0 Å². The van der Waals surface area contributed by atoms with E-state index in [0.29, 0.717) is 19.8 Å². The Hall–Kier alpha value is -0.680. The van der Waals surface area contributed by atoms with Gasteiger partial charge < -0.3 is 14.6 Å². The predicted molar refractivity (Wildman–Crippen MR) is 68.0 cm³/mol. The van der Waals surface area contributed by atoms with Crippen LogP contribution in [0.25, 0.3) is 0 Å². The minimum absolute atomic E-state index is 0.182. The van der Waals surface area contributed by atoms with Gasteiger partial charge in [-0.25, -0.2) is 0 Å². The van der Waals surface area contributed by atoms with E-state index in [9.17, 15) is 5.11 Å². The summed E-state index contributed by atoms with van der Waals surface area (Å²) in [6, 6.07) is 0. The first-order chi connectivity index (χ1) is 8.35. The van der Waals surface area contributed by atoms with Crippen LogP contribution in [0.4, 0.5) is 0 Å². The van der Waals surface area contributed by atoms with Crippen molar-refractivity contribution >= 4 is 0 Å². The van der Waals surface area contributed by atoms with Gasteiger partial charge in [-0.1, -0.05) is 12.2 Å². The molecule has 0 aromatic rings. The Kier molecular flexibility index (Phi) is 12.8. The van der Waals surface area contributed by atoms with E-state index < -0.39 is 0 Å². The molecule has 4 nitrogen and oxygen atoms in total. The van der Waals surface area contributed by atoms with Crippen LogP contribution in [0.15, 0.2) is 25.3 Å². The maximum Gasteiger partial charge on any atom is 0.0700 e. The molecule has 0 fully saturated rings. The van der Waals surface area contributed by atoms with E-state index in [1.54, 1.807) is 0 Å². The monoisotopic (exact) mass is 242 g/mol. The van der Waals surface area contributed by atoms with E-state index in [1.165, 1.54) is 0 Å². The summed E-state index contributed by atoms with van der Waals surface area (Å²) in [4.78, 5) is 2.25. The zero-order valence-corrected chi connectivity index (χ0v) is 10.6. The maximum atomic E-state index is 10.1. The summed E-state index contributed by atoms with van der Waals surface area (Å²) in [5.41, 5.74) is 0. The van der Waals surface area contributed by atoms with Crippen LogP contribution in [-0.2, 0) is 9.47 Å². The van der Waals surface area contributed by atoms with Crippen LogP contribution in [-0.4, -0.2) is 57.6 Å². The van der Waals surface area contributed by atoms with Crippen molar-refractivity contribution in [3.63, 3.8) is 0 Å². The fourth-order valence-corrected chi connectivity index (χ4v) is 1.39. The summed E-state index contributed by atoms with van der Waals surface area (Å²) in [7, 11) is 0. The van der Waals surface area contributed by atoms with E-state index in [2.05, 4.69) is 18.1 Å². The fraction of sp³-hybridized carbons (Fsp3) is 0.692. The van der Waals surface area contributed by atoms with Gasteiger partial charge >= 0.3 is 0 Å². The summed E-state index contributed by atoms with van der Waals surface area (Å²) >= 11 is 0. The average molecular weight is 242 g/mol. The van der Waals surface area contributed by atoms with Crippen LogP contribution in [0.1, 0.15) is 6.42 Å². The Morgan fingerprint density at radius 3 is 2.06 bits per heavy atom. The van der Waals surface area contributed by atoms with Crippen molar-refractivity contribution in [2.45, 2.75) is 6.42 Å². The fourth-order valence-electron chi connectivity index (χ4n) is 1.39. The first-order valence-electron chi connectivity index (χ1n) is 6.03. The molecule has 17 heavy (non-hydrogen) atoms. The third-order valence-electron chi connectivity index (χ3n) is 2.14. The van der Waals surface area contributed by atoms with Crippen LogP contribution in [0, 0.1) is 0 Å². The molecule has 0 aliphatic carbocycles. The first-order valence-corrected chi connectivity index (χ1v) is 6.03. The number of rotatable bonds is 13. The zero-order valence-electron chi connectivity index (χ0n) is 10.6. The molecule has 100 valence electrons. The van der Waals surface area contributed by atoms with Gasteiger partial charge in [-0.3, -0.25) is 4.90 Å². The molecular formula is C13H24NO3-. The molecule has 0 N–H and O–H groups in total. The minimum atomic E-state index is -0.182. The van der Waals surface area contributed by atoms with Gasteiger partial charge in [0.1, 0.15) is 0 Å². The highest BCUT2D eigenvalue weighted by Gasteiger charge is 1.99. The molecule has 4 heteroatoms. The Morgan fingerprint density at radius 2 is 1.53 bits per heavy atom. The molecule has 0 unspecified atom stereocenters. The van der Waals surface area contributed by atoms with Crippen LogP contribution in [0.5, 0.6) is 0 Å². The normalized spacial score (nSPS) is 10.7. The van der Waals surface area contributed by atoms with E-state index in [-0.39, 0.29) is 13.2 Å². The second-order valence-corrected chi connectivity index (χ2v) is 3.62. The smallest absolute Gasteiger partial charge is 0.0700 e. The lowest BCUT2D eigenvalue weighted by Crippen LogP contribution is -2.26. The van der Waals surface area contributed by atoms with Crippen molar-refractivity contribution in [1.29, 1.82) is 0 Å². The third-order valence-corrected chi connectivity index (χ3v) is 2.14. The van der Waals surface area contributed by atoms with Crippen molar-refractivity contribution in [2.75, 3.05) is 52.7 Å². The molecule has 0 amide bonds. The molecule has 0 rings (SSSR count). The highest BCUT2D eigenvalue weighted by molar-refractivity contribution is 4.79. The van der Waals surface area contributed by atoms with Gasteiger partial charge in [0.25, 0.3) is 0 Å². The predicted octanol–water partition coefficient (Wildman–Crippen LogP) is 0.444. The molecule has 0 saturated heterocycles. The molecule has 0 spiro atoms. The molecule has 0 aromatic heterocycles. The number of nitrogens with zero attached hydrogens (tertiary/aromatic N) is 1. The van der Waals surface area contributed by atoms with Crippen molar-refractivity contribution in [2.24, 2.45) is 0 Å². The minimum Gasteiger partial charge on any atom is -0.853 e. The average Bonchev–Trinajstić information content (AvgIpc) is 2.33. The van der Waals surface area contributed by atoms with Gasteiger partial charge in [-0.05, 0) is 6.42 Å². The molecule has 0 heterocycles. The topological polar surface area (TPSA) is 44.8 Å².